The Morgan fingerprint density at radius 1 is 1.23 bits per heavy atom. The van der Waals surface area contributed by atoms with Gasteiger partial charge in [-0.3, -0.25) is 10.6 Å². The van der Waals surface area contributed by atoms with E-state index in [-0.39, 0.29) is 6.23 Å². The maximum Gasteiger partial charge on any atom is 0.209 e. The highest BCUT2D eigenvalue weighted by atomic mass is 16.5. The zero-order chi connectivity index (χ0) is 17.8. The van der Waals surface area contributed by atoms with Crippen LogP contribution in [0.2, 0.25) is 0 Å². The zero-order valence-electron chi connectivity index (χ0n) is 14.8. The van der Waals surface area contributed by atoms with Gasteiger partial charge in [0.2, 0.25) is 5.89 Å². The lowest BCUT2D eigenvalue weighted by Crippen LogP contribution is -2.31. The zero-order valence-corrected chi connectivity index (χ0v) is 14.8. The van der Waals surface area contributed by atoms with Crippen molar-refractivity contribution in [3.8, 4) is 5.75 Å². The SMILES string of the molecule is CC(NCc1nc2ccccc2o1)Oc1ccc(CC2COCN2)cc1. The number of hydrogen-bond acceptors (Lipinski definition) is 6. The molecular weight excluding hydrogens is 330 g/mol. The summed E-state index contributed by atoms with van der Waals surface area (Å²) in [6, 6.07) is 16.4. The first-order valence-corrected chi connectivity index (χ1v) is 8.91. The third-order valence-corrected chi connectivity index (χ3v) is 4.39. The second-order valence-electron chi connectivity index (χ2n) is 6.48. The molecule has 1 aliphatic heterocycles. The third kappa shape index (κ3) is 4.22. The van der Waals surface area contributed by atoms with Gasteiger partial charge in [0.05, 0.1) is 19.9 Å². The van der Waals surface area contributed by atoms with Crippen LogP contribution in [0.5, 0.6) is 5.75 Å². The van der Waals surface area contributed by atoms with Crippen LogP contribution in [-0.4, -0.2) is 30.6 Å². The highest BCUT2D eigenvalue weighted by Gasteiger charge is 2.15. The van der Waals surface area contributed by atoms with Crippen molar-refractivity contribution in [3.05, 3.63) is 60.0 Å². The van der Waals surface area contributed by atoms with Gasteiger partial charge >= 0.3 is 0 Å². The van der Waals surface area contributed by atoms with Crippen LogP contribution < -0.4 is 15.4 Å². The van der Waals surface area contributed by atoms with E-state index in [2.05, 4.69) is 27.8 Å². The molecule has 0 radical (unpaired) electrons. The predicted octanol–water partition coefficient (Wildman–Crippen LogP) is 2.83. The number of fused-ring (bicyclic) bond motifs is 1. The molecule has 1 saturated heterocycles. The van der Waals surface area contributed by atoms with E-state index in [0.717, 1.165) is 29.9 Å². The summed E-state index contributed by atoms with van der Waals surface area (Å²) in [6.07, 6.45) is 0.812. The number of rotatable bonds is 7. The van der Waals surface area contributed by atoms with Crippen LogP contribution >= 0.6 is 0 Å². The van der Waals surface area contributed by atoms with Gasteiger partial charge < -0.3 is 13.9 Å². The topological polar surface area (TPSA) is 68.6 Å². The molecule has 2 N–H and O–H groups in total. The molecule has 0 spiro atoms. The number of nitrogens with zero attached hydrogens (tertiary/aromatic N) is 1. The summed E-state index contributed by atoms with van der Waals surface area (Å²) in [5.41, 5.74) is 2.94. The van der Waals surface area contributed by atoms with Gasteiger partial charge in [-0.05, 0) is 43.2 Å². The van der Waals surface area contributed by atoms with Crippen molar-refractivity contribution in [1.29, 1.82) is 0 Å². The molecule has 6 nitrogen and oxygen atoms in total. The minimum atomic E-state index is -0.152. The van der Waals surface area contributed by atoms with E-state index in [9.17, 15) is 0 Å². The molecule has 1 fully saturated rings. The molecule has 3 aromatic rings. The van der Waals surface area contributed by atoms with E-state index in [0.29, 0.717) is 25.2 Å². The van der Waals surface area contributed by atoms with Gasteiger partial charge in [-0.2, -0.15) is 0 Å². The summed E-state index contributed by atoms with van der Waals surface area (Å²) in [7, 11) is 0. The number of benzene rings is 2. The van der Waals surface area contributed by atoms with Crippen molar-refractivity contribution in [2.24, 2.45) is 0 Å². The maximum atomic E-state index is 5.91. The summed E-state index contributed by atoms with van der Waals surface area (Å²) in [5, 5.41) is 6.59. The maximum absolute atomic E-state index is 5.91. The number of para-hydroxylation sites is 2. The number of hydrogen-bond donors (Lipinski definition) is 2. The summed E-state index contributed by atoms with van der Waals surface area (Å²) < 4.78 is 16.9. The Morgan fingerprint density at radius 3 is 2.85 bits per heavy atom. The Hall–Kier alpha value is -2.41. The van der Waals surface area contributed by atoms with E-state index in [4.69, 9.17) is 13.9 Å². The second kappa shape index (κ2) is 7.86. The van der Waals surface area contributed by atoms with Gasteiger partial charge in [0.1, 0.15) is 17.5 Å². The monoisotopic (exact) mass is 353 g/mol. The standard InChI is InChI=1S/C20H23N3O3/c1-14(21-11-20-23-18-4-2-3-5-19(18)26-20)25-17-8-6-15(7-9-17)10-16-12-24-13-22-16/h2-9,14,16,21-22H,10-13H2,1H3. The molecule has 0 amide bonds. The molecule has 0 saturated carbocycles. The largest absolute Gasteiger partial charge is 0.476 e. The van der Waals surface area contributed by atoms with Gasteiger partial charge in [-0.1, -0.05) is 24.3 Å². The van der Waals surface area contributed by atoms with Crippen LogP contribution in [0.4, 0.5) is 0 Å². The number of nitrogens with one attached hydrogen (secondary N) is 2. The van der Waals surface area contributed by atoms with Crippen molar-refractivity contribution in [2.75, 3.05) is 13.3 Å². The average Bonchev–Trinajstić information content (AvgIpc) is 3.30. The van der Waals surface area contributed by atoms with E-state index in [1.165, 1.54) is 5.56 Å². The first-order chi connectivity index (χ1) is 12.8. The Bertz CT molecular complexity index is 808. The highest BCUT2D eigenvalue weighted by molar-refractivity contribution is 5.72. The molecule has 26 heavy (non-hydrogen) atoms. The van der Waals surface area contributed by atoms with Crippen molar-refractivity contribution in [3.63, 3.8) is 0 Å². The summed E-state index contributed by atoms with van der Waals surface area (Å²) >= 11 is 0. The normalized spacial score (nSPS) is 18.3. The van der Waals surface area contributed by atoms with Crippen molar-refractivity contribution in [2.45, 2.75) is 32.2 Å². The van der Waals surface area contributed by atoms with Crippen LogP contribution in [-0.2, 0) is 17.7 Å². The minimum absolute atomic E-state index is 0.152. The fourth-order valence-corrected chi connectivity index (χ4v) is 3.03. The Labute approximate surface area is 152 Å². The lowest BCUT2D eigenvalue weighted by molar-refractivity contribution is 0.177. The van der Waals surface area contributed by atoms with E-state index < -0.39 is 0 Å². The van der Waals surface area contributed by atoms with Crippen LogP contribution in [0.3, 0.4) is 0 Å². The average molecular weight is 353 g/mol. The van der Waals surface area contributed by atoms with E-state index in [1.807, 2.05) is 43.3 Å². The smallest absolute Gasteiger partial charge is 0.209 e. The lowest BCUT2D eigenvalue weighted by Gasteiger charge is -2.16. The van der Waals surface area contributed by atoms with Crippen LogP contribution in [0.15, 0.2) is 52.9 Å². The fourth-order valence-electron chi connectivity index (χ4n) is 3.03. The van der Waals surface area contributed by atoms with Crippen LogP contribution in [0.1, 0.15) is 18.4 Å². The van der Waals surface area contributed by atoms with E-state index >= 15 is 0 Å². The molecular formula is C20H23N3O3. The van der Waals surface area contributed by atoms with E-state index in [1.54, 1.807) is 0 Å². The highest BCUT2D eigenvalue weighted by Crippen LogP contribution is 2.17. The molecule has 1 aromatic heterocycles. The predicted molar refractivity (Wildman–Crippen MR) is 98.8 cm³/mol. The molecule has 136 valence electrons. The summed E-state index contributed by atoms with van der Waals surface area (Å²) in [6.45, 7) is 3.90. The first-order valence-electron chi connectivity index (χ1n) is 8.91. The molecule has 1 aliphatic rings. The number of ether oxygens (including phenoxy) is 2. The molecule has 2 heterocycles. The van der Waals surface area contributed by atoms with Gasteiger partial charge in [-0.15, -0.1) is 0 Å². The van der Waals surface area contributed by atoms with Crippen LogP contribution in [0.25, 0.3) is 11.1 Å². The molecule has 0 bridgehead atoms. The van der Waals surface area contributed by atoms with Crippen molar-refractivity contribution >= 4 is 11.1 Å². The molecule has 2 unspecified atom stereocenters. The molecule has 0 aliphatic carbocycles. The number of aromatic nitrogens is 1. The van der Waals surface area contributed by atoms with Crippen LogP contribution in [0, 0.1) is 0 Å². The van der Waals surface area contributed by atoms with Gasteiger partial charge in [-0.25, -0.2) is 4.98 Å². The molecule has 2 aromatic carbocycles. The van der Waals surface area contributed by atoms with Crippen molar-refractivity contribution < 1.29 is 13.9 Å². The second-order valence-corrected chi connectivity index (χ2v) is 6.48. The van der Waals surface area contributed by atoms with Gasteiger partial charge in [0.15, 0.2) is 5.58 Å². The Balaban J connectivity index is 1.27. The van der Waals surface area contributed by atoms with Crippen molar-refractivity contribution in [1.82, 2.24) is 15.6 Å². The third-order valence-electron chi connectivity index (χ3n) is 4.39. The number of oxazole rings is 1. The van der Waals surface area contributed by atoms with Gasteiger partial charge in [0.25, 0.3) is 0 Å². The molecule has 2 atom stereocenters. The summed E-state index contributed by atoms with van der Waals surface area (Å²) in [5.74, 6) is 1.49. The molecule has 6 heteroatoms. The fraction of sp³-hybridized carbons (Fsp3) is 0.350. The molecule has 4 rings (SSSR count). The summed E-state index contributed by atoms with van der Waals surface area (Å²) in [4.78, 5) is 4.45. The van der Waals surface area contributed by atoms with Gasteiger partial charge in [0, 0.05) is 6.04 Å². The first kappa shape index (κ1) is 17.0. The Morgan fingerprint density at radius 2 is 2.08 bits per heavy atom. The Kier molecular flexibility index (Phi) is 5.15. The quantitative estimate of drug-likeness (QED) is 0.637. The minimum Gasteiger partial charge on any atom is -0.476 e. The lowest BCUT2D eigenvalue weighted by atomic mass is 10.1.